The lowest BCUT2D eigenvalue weighted by Crippen LogP contribution is -2.46. The molecule has 3 N–H and O–H groups in total. The van der Waals surface area contributed by atoms with Gasteiger partial charge in [0.1, 0.15) is 5.60 Å². The number of carbonyl (C=O) groups excluding carboxylic acids is 1. The predicted molar refractivity (Wildman–Crippen MR) is 86.8 cm³/mol. The summed E-state index contributed by atoms with van der Waals surface area (Å²) in [7, 11) is 0. The molecule has 0 spiro atoms. The normalized spacial score (nSPS) is 32.7. The van der Waals surface area contributed by atoms with E-state index in [2.05, 4.69) is 10.6 Å². The van der Waals surface area contributed by atoms with Crippen molar-refractivity contribution in [2.45, 2.75) is 89.5 Å². The van der Waals surface area contributed by atoms with Crippen LogP contribution in [0.3, 0.4) is 0 Å². The number of aliphatic hydroxyl groups is 1. The van der Waals surface area contributed by atoms with Gasteiger partial charge >= 0.3 is 6.09 Å². The van der Waals surface area contributed by atoms with E-state index < -0.39 is 5.60 Å². The first-order chi connectivity index (χ1) is 10.3. The van der Waals surface area contributed by atoms with Crippen LogP contribution in [-0.2, 0) is 4.74 Å². The molecule has 0 radical (unpaired) electrons. The van der Waals surface area contributed by atoms with Crippen molar-refractivity contribution in [1.82, 2.24) is 10.6 Å². The van der Waals surface area contributed by atoms with Gasteiger partial charge in [0, 0.05) is 18.6 Å². The smallest absolute Gasteiger partial charge is 0.407 e. The van der Waals surface area contributed by atoms with Crippen molar-refractivity contribution in [3.05, 3.63) is 0 Å². The van der Waals surface area contributed by atoms with E-state index >= 15 is 0 Å². The second kappa shape index (κ2) is 7.64. The molecule has 0 heterocycles. The lowest BCUT2D eigenvalue weighted by atomic mass is 9.91. The van der Waals surface area contributed by atoms with Gasteiger partial charge < -0.3 is 20.5 Å². The molecule has 0 unspecified atom stereocenters. The first kappa shape index (κ1) is 17.5. The number of carbonyl (C=O) groups is 1. The van der Waals surface area contributed by atoms with Gasteiger partial charge in [0.25, 0.3) is 0 Å². The van der Waals surface area contributed by atoms with E-state index in [-0.39, 0.29) is 12.2 Å². The summed E-state index contributed by atoms with van der Waals surface area (Å²) in [4.78, 5) is 11.8. The summed E-state index contributed by atoms with van der Waals surface area (Å²) in [6, 6.07) is 1.01. The molecule has 128 valence electrons. The van der Waals surface area contributed by atoms with Gasteiger partial charge in [0.05, 0.1) is 6.10 Å². The van der Waals surface area contributed by atoms with Crippen molar-refractivity contribution < 1.29 is 14.6 Å². The van der Waals surface area contributed by atoms with Crippen molar-refractivity contribution >= 4 is 6.09 Å². The molecular formula is C17H32N2O3. The minimum Gasteiger partial charge on any atom is -0.444 e. The Balaban J connectivity index is 1.72. The number of aliphatic hydroxyl groups excluding tert-OH is 1. The van der Waals surface area contributed by atoms with Crippen molar-refractivity contribution in [2.24, 2.45) is 5.92 Å². The molecule has 22 heavy (non-hydrogen) atoms. The Hall–Kier alpha value is -0.810. The second-order valence-electron chi connectivity index (χ2n) is 7.85. The fraction of sp³-hybridized carbons (Fsp3) is 0.941. The Morgan fingerprint density at radius 2 is 1.82 bits per heavy atom. The maximum atomic E-state index is 11.8. The third-order valence-electron chi connectivity index (χ3n) is 4.71. The molecule has 0 aromatic heterocycles. The van der Waals surface area contributed by atoms with Gasteiger partial charge in [-0.25, -0.2) is 4.79 Å². The van der Waals surface area contributed by atoms with Gasteiger partial charge in [-0.3, -0.25) is 0 Å². The molecule has 2 rings (SSSR count). The average molecular weight is 312 g/mol. The molecule has 1 amide bonds. The van der Waals surface area contributed by atoms with Crippen molar-refractivity contribution in [2.75, 3.05) is 6.54 Å². The van der Waals surface area contributed by atoms with E-state index in [4.69, 9.17) is 4.74 Å². The highest BCUT2D eigenvalue weighted by atomic mass is 16.6. The maximum absolute atomic E-state index is 11.8. The minimum atomic E-state index is -0.444. The Morgan fingerprint density at radius 1 is 1.14 bits per heavy atom. The van der Waals surface area contributed by atoms with Crippen LogP contribution >= 0.6 is 0 Å². The molecule has 0 aromatic rings. The Morgan fingerprint density at radius 3 is 2.45 bits per heavy atom. The number of hydrogen-bond acceptors (Lipinski definition) is 4. The average Bonchev–Trinajstić information content (AvgIpc) is 2.84. The molecular weight excluding hydrogens is 280 g/mol. The van der Waals surface area contributed by atoms with Crippen LogP contribution in [0.4, 0.5) is 4.79 Å². The molecule has 2 fully saturated rings. The van der Waals surface area contributed by atoms with Gasteiger partial charge in [-0.05, 0) is 65.2 Å². The van der Waals surface area contributed by atoms with Gasteiger partial charge in [-0.15, -0.1) is 0 Å². The van der Waals surface area contributed by atoms with Crippen LogP contribution in [0.15, 0.2) is 0 Å². The molecule has 2 saturated carbocycles. The summed E-state index contributed by atoms with van der Waals surface area (Å²) in [5.41, 5.74) is -0.444. The number of amides is 1. The van der Waals surface area contributed by atoms with Crippen LogP contribution in [-0.4, -0.2) is 41.5 Å². The molecule has 0 aliphatic heterocycles. The zero-order valence-corrected chi connectivity index (χ0v) is 14.2. The molecule has 0 aromatic carbocycles. The van der Waals surface area contributed by atoms with E-state index in [0.717, 1.165) is 32.1 Å². The van der Waals surface area contributed by atoms with E-state index in [0.29, 0.717) is 24.5 Å². The SMILES string of the molecule is CC(C)(C)OC(=O)NC[C@H]1CCC[C@H]1NC1CCC(O)CC1. The van der Waals surface area contributed by atoms with Gasteiger partial charge in [0.15, 0.2) is 0 Å². The van der Waals surface area contributed by atoms with E-state index in [1.165, 1.54) is 12.8 Å². The zero-order valence-electron chi connectivity index (χ0n) is 14.2. The summed E-state index contributed by atoms with van der Waals surface area (Å²) in [6.07, 6.45) is 7.06. The highest BCUT2D eigenvalue weighted by Crippen LogP contribution is 2.28. The monoisotopic (exact) mass is 312 g/mol. The van der Waals surface area contributed by atoms with Crippen LogP contribution in [0.25, 0.3) is 0 Å². The fourth-order valence-electron chi connectivity index (χ4n) is 3.57. The first-order valence-corrected chi connectivity index (χ1v) is 8.74. The zero-order chi connectivity index (χ0) is 16.2. The molecule has 2 atom stereocenters. The third kappa shape index (κ3) is 5.76. The predicted octanol–water partition coefficient (Wildman–Crippen LogP) is 2.57. The van der Waals surface area contributed by atoms with E-state index in [9.17, 15) is 9.90 Å². The number of nitrogens with one attached hydrogen (secondary N) is 2. The first-order valence-electron chi connectivity index (χ1n) is 8.74. The molecule has 2 aliphatic rings. The second-order valence-corrected chi connectivity index (χ2v) is 7.85. The molecule has 0 bridgehead atoms. The summed E-state index contributed by atoms with van der Waals surface area (Å²) in [6.45, 7) is 6.32. The molecule has 0 saturated heterocycles. The number of hydrogen-bond donors (Lipinski definition) is 3. The van der Waals surface area contributed by atoms with Gasteiger partial charge in [-0.1, -0.05) is 6.42 Å². The van der Waals surface area contributed by atoms with Crippen LogP contribution in [0.1, 0.15) is 65.7 Å². The Kier molecular flexibility index (Phi) is 6.09. The summed E-state index contributed by atoms with van der Waals surface area (Å²) in [5, 5.41) is 16.3. The highest BCUT2D eigenvalue weighted by molar-refractivity contribution is 5.67. The summed E-state index contributed by atoms with van der Waals surface area (Å²) < 4.78 is 5.30. The van der Waals surface area contributed by atoms with Crippen molar-refractivity contribution in [3.63, 3.8) is 0 Å². The lowest BCUT2D eigenvalue weighted by molar-refractivity contribution is 0.0515. The molecule has 2 aliphatic carbocycles. The van der Waals surface area contributed by atoms with Crippen molar-refractivity contribution in [1.29, 1.82) is 0 Å². The summed E-state index contributed by atoms with van der Waals surface area (Å²) >= 11 is 0. The maximum Gasteiger partial charge on any atom is 0.407 e. The van der Waals surface area contributed by atoms with Crippen LogP contribution in [0.5, 0.6) is 0 Å². The van der Waals surface area contributed by atoms with Crippen molar-refractivity contribution in [3.8, 4) is 0 Å². The lowest BCUT2D eigenvalue weighted by Gasteiger charge is -2.31. The van der Waals surface area contributed by atoms with Crippen LogP contribution < -0.4 is 10.6 Å². The Bertz CT molecular complexity index is 359. The van der Waals surface area contributed by atoms with Gasteiger partial charge in [0.2, 0.25) is 0 Å². The van der Waals surface area contributed by atoms with Gasteiger partial charge in [-0.2, -0.15) is 0 Å². The quantitative estimate of drug-likeness (QED) is 0.746. The minimum absolute atomic E-state index is 0.105. The standard InChI is InChI=1S/C17H32N2O3/c1-17(2,3)22-16(21)18-11-12-5-4-6-15(12)19-13-7-9-14(20)10-8-13/h12-15,19-20H,4-11H2,1-3H3,(H,18,21)/t12-,13?,14?,15-/m1/s1. The fourth-order valence-corrected chi connectivity index (χ4v) is 3.57. The van der Waals surface area contributed by atoms with Crippen LogP contribution in [0, 0.1) is 5.92 Å². The van der Waals surface area contributed by atoms with E-state index in [1.807, 2.05) is 20.8 Å². The number of rotatable bonds is 4. The third-order valence-corrected chi connectivity index (χ3v) is 4.71. The Labute approximate surface area is 134 Å². The topological polar surface area (TPSA) is 70.6 Å². The van der Waals surface area contributed by atoms with Crippen LogP contribution in [0.2, 0.25) is 0 Å². The largest absolute Gasteiger partial charge is 0.444 e. The number of alkyl carbamates (subject to hydrolysis) is 1. The summed E-state index contributed by atoms with van der Waals surface area (Å²) in [5.74, 6) is 0.486. The van der Waals surface area contributed by atoms with E-state index in [1.54, 1.807) is 0 Å². The molecule has 5 heteroatoms. The number of ether oxygens (including phenoxy) is 1. The molecule has 5 nitrogen and oxygen atoms in total. The highest BCUT2D eigenvalue weighted by Gasteiger charge is 2.31.